The molecule has 150 valence electrons. The van der Waals surface area contributed by atoms with Crippen molar-refractivity contribution in [2.75, 3.05) is 31.6 Å². The summed E-state index contributed by atoms with van der Waals surface area (Å²) in [6.07, 6.45) is 1.19. The van der Waals surface area contributed by atoms with Gasteiger partial charge in [0.2, 0.25) is 15.9 Å². The summed E-state index contributed by atoms with van der Waals surface area (Å²) < 4.78 is 32.8. The van der Waals surface area contributed by atoms with Crippen LogP contribution in [0, 0.1) is 17.0 Å². The van der Waals surface area contributed by atoms with E-state index in [2.05, 4.69) is 10.4 Å². The fourth-order valence-corrected chi connectivity index (χ4v) is 4.17. The zero-order valence-electron chi connectivity index (χ0n) is 15.1. The first kappa shape index (κ1) is 19.9. The number of aryl methyl sites for hydroxylation is 1. The van der Waals surface area contributed by atoms with E-state index in [4.69, 9.17) is 4.74 Å². The average molecular weight is 409 g/mol. The van der Waals surface area contributed by atoms with Gasteiger partial charge in [0.05, 0.1) is 23.0 Å². The van der Waals surface area contributed by atoms with Gasteiger partial charge in [-0.15, -0.1) is 0 Å². The molecule has 2 aromatic rings. The SMILES string of the molecule is Cc1nn(CC(=O)Nc2ccc(S(=O)(=O)N3CCOCC3)cc2)cc1[N+](=O)[O-]. The zero-order chi connectivity index (χ0) is 20.3. The summed E-state index contributed by atoms with van der Waals surface area (Å²) >= 11 is 0. The molecule has 1 aliphatic heterocycles. The van der Waals surface area contributed by atoms with Crippen molar-refractivity contribution in [2.45, 2.75) is 18.4 Å². The zero-order valence-corrected chi connectivity index (χ0v) is 15.9. The lowest BCUT2D eigenvalue weighted by Gasteiger charge is -2.26. The Kier molecular flexibility index (Phi) is 5.72. The van der Waals surface area contributed by atoms with Gasteiger partial charge in [-0.1, -0.05) is 0 Å². The van der Waals surface area contributed by atoms with Crippen LogP contribution in [-0.2, 0) is 26.1 Å². The molecule has 0 radical (unpaired) electrons. The van der Waals surface area contributed by atoms with Crippen LogP contribution in [0.25, 0.3) is 0 Å². The molecule has 1 N–H and O–H groups in total. The Hall–Kier alpha value is -2.83. The lowest BCUT2D eigenvalue weighted by molar-refractivity contribution is -0.385. The molecule has 28 heavy (non-hydrogen) atoms. The number of sulfonamides is 1. The molecule has 2 heterocycles. The standard InChI is InChI=1S/C16H19N5O6S/c1-12-15(21(23)24)10-19(18-12)11-16(22)17-13-2-4-14(5-3-13)28(25,26)20-6-8-27-9-7-20/h2-5,10H,6-9,11H2,1H3,(H,17,22). The first-order valence-corrected chi connectivity index (χ1v) is 9.87. The smallest absolute Gasteiger partial charge is 0.309 e. The van der Waals surface area contributed by atoms with Gasteiger partial charge >= 0.3 is 5.69 Å². The van der Waals surface area contributed by atoms with Gasteiger partial charge in [-0.25, -0.2) is 8.42 Å². The third-order valence-electron chi connectivity index (χ3n) is 4.17. The summed E-state index contributed by atoms with van der Waals surface area (Å²) in [5, 5.41) is 17.4. The Morgan fingerprint density at radius 2 is 1.93 bits per heavy atom. The van der Waals surface area contributed by atoms with Crippen LogP contribution in [-0.4, -0.2) is 59.6 Å². The number of carbonyl (C=O) groups is 1. The van der Waals surface area contributed by atoms with E-state index in [1.807, 2.05) is 0 Å². The minimum absolute atomic E-state index is 0.130. The summed E-state index contributed by atoms with van der Waals surface area (Å²) in [6.45, 7) is 2.60. The van der Waals surface area contributed by atoms with Gasteiger partial charge in [-0.2, -0.15) is 9.40 Å². The molecule has 0 spiro atoms. The number of nitrogens with one attached hydrogen (secondary N) is 1. The molecule has 0 unspecified atom stereocenters. The van der Waals surface area contributed by atoms with Crippen molar-refractivity contribution in [3.8, 4) is 0 Å². The van der Waals surface area contributed by atoms with E-state index in [-0.39, 0.29) is 22.8 Å². The molecule has 1 aromatic carbocycles. The summed E-state index contributed by atoms with van der Waals surface area (Å²) in [5.74, 6) is -0.443. The Labute approximate surface area is 161 Å². The van der Waals surface area contributed by atoms with Gasteiger partial charge in [0.15, 0.2) is 0 Å². The minimum atomic E-state index is -3.60. The Morgan fingerprint density at radius 3 is 2.50 bits per heavy atom. The number of hydrogen-bond donors (Lipinski definition) is 1. The molecule has 11 nitrogen and oxygen atoms in total. The quantitative estimate of drug-likeness (QED) is 0.549. The molecule has 0 saturated carbocycles. The second-order valence-corrected chi connectivity index (χ2v) is 8.08. The van der Waals surface area contributed by atoms with Crippen LogP contribution in [0.1, 0.15) is 5.69 Å². The summed E-state index contributed by atoms with van der Waals surface area (Å²) in [5.41, 5.74) is 0.463. The van der Waals surface area contributed by atoms with E-state index in [1.54, 1.807) is 0 Å². The highest BCUT2D eigenvalue weighted by Crippen LogP contribution is 2.20. The van der Waals surface area contributed by atoms with Crippen molar-refractivity contribution >= 4 is 27.3 Å². The topological polar surface area (TPSA) is 137 Å². The van der Waals surface area contributed by atoms with E-state index in [9.17, 15) is 23.3 Å². The molecule has 12 heteroatoms. The lowest BCUT2D eigenvalue weighted by atomic mass is 10.3. The third kappa shape index (κ3) is 4.35. The van der Waals surface area contributed by atoms with Crippen LogP contribution in [0.5, 0.6) is 0 Å². The number of hydrogen-bond acceptors (Lipinski definition) is 7. The highest BCUT2D eigenvalue weighted by Gasteiger charge is 2.26. The van der Waals surface area contributed by atoms with Gasteiger partial charge in [0, 0.05) is 18.8 Å². The molecule has 1 amide bonds. The summed E-state index contributed by atoms with van der Waals surface area (Å²) in [4.78, 5) is 22.5. The van der Waals surface area contributed by atoms with Gasteiger partial charge < -0.3 is 10.1 Å². The number of anilines is 1. The molecule has 3 rings (SSSR count). The average Bonchev–Trinajstić information content (AvgIpc) is 3.03. The van der Waals surface area contributed by atoms with Gasteiger partial charge in [-0.3, -0.25) is 19.6 Å². The van der Waals surface area contributed by atoms with E-state index >= 15 is 0 Å². The second-order valence-electron chi connectivity index (χ2n) is 6.14. The molecule has 1 aromatic heterocycles. The minimum Gasteiger partial charge on any atom is -0.379 e. The van der Waals surface area contributed by atoms with E-state index in [0.29, 0.717) is 32.0 Å². The maximum absolute atomic E-state index is 12.6. The van der Waals surface area contributed by atoms with E-state index in [0.717, 1.165) is 0 Å². The largest absolute Gasteiger partial charge is 0.379 e. The van der Waals surface area contributed by atoms with E-state index in [1.165, 1.54) is 46.4 Å². The van der Waals surface area contributed by atoms with Crippen molar-refractivity contribution in [1.29, 1.82) is 0 Å². The third-order valence-corrected chi connectivity index (χ3v) is 6.08. The van der Waals surface area contributed by atoms with Gasteiger partial charge in [0.25, 0.3) is 0 Å². The highest BCUT2D eigenvalue weighted by molar-refractivity contribution is 7.89. The fraction of sp³-hybridized carbons (Fsp3) is 0.375. The molecular weight excluding hydrogens is 390 g/mol. The van der Waals surface area contributed by atoms with Gasteiger partial charge in [0.1, 0.15) is 18.4 Å². The number of aromatic nitrogens is 2. The monoisotopic (exact) mass is 409 g/mol. The molecule has 0 atom stereocenters. The Morgan fingerprint density at radius 1 is 1.29 bits per heavy atom. The van der Waals surface area contributed by atoms with Crippen LogP contribution in [0.4, 0.5) is 11.4 Å². The van der Waals surface area contributed by atoms with Crippen molar-refractivity contribution in [3.63, 3.8) is 0 Å². The maximum atomic E-state index is 12.6. The molecule has 1 aliphatic rings. The number of rotatable bonds is 6. The van der Waals surface area contributed by atoms with Gasteiger partial charge in [-0.05, 0) is 31.2 Å². The van der Waals surface area contributed by atoms with E-state index < -0.39 is 20.9 Å². The number of ether oxygens (including phenoxy) is 1. The first-order valence-electron chi connectivity index (χ1n) is 8.43. The lowest BCUT2D eigenvalue weighted by Crippen LogP contribution is -2.40. The number of nitro groups is 1. The number of amides is 1. The molecule has 0 bridgehead atoms. The van der Waals surface area contributed by atoms with Crippen molar-refractivity contribution < 1.29 is 22.9 Å². The second kappa shape index (κ2) is 8.04. The van der Waals surface area contributed by atoms with Crippen LogP contribution < -0.4 is 5.32 Å². The normalized spacial score (nSPS) is 15.3. The number of carbonyl (C=O) groups excluding carboxylic acids is 1. The fourth-order valence-electron chi connectivity index (χ4n) is 2.76. The Bertz CT molecular complexity index is 979. The predicted octanol–water partition coefficient (Wildman–Crippen LogP) is 0.759. The molecule has 1 fully saturated rings. The summed E-state index contributed by atoms with van der Waals surface area (Å²) in [7, 11) is -3.60. The molecular formula is C16H19N5O6S. The first-order chi connectivity index (χ1) is 13.3. The number of nitrogens with zero attached hydrogens (tertiary/aromatic N) is 4. The van der Waals surface area contributed by atoms with Crippen LogP contribution in [0.15, 0.2) is 35.4 Å². The van der Waals surface area contributed by atoms with Crippen LogP contribution in [0.2, 0.25) is 0 Å². The maximum Gasteiger partial charge on any atom is 0.309 e. The molecule has 1 saturated heterocycles. The predicted molar refractivity (Wildman–Crippen MR) is 98.3 cm³/mol. The number of morpholine rings is 1. The van der Waals surface area contributed by atoms with Crippen molar-refractivity contribution in [1.82, 2.24) is 14.1 Å². The van der Waals surface area contributed by atoms with Crippen molar-refractivity contribution in [3.05, 3.63) is 46.3 Å². The Balaban J connectivity index is 1.64. The van der Waals surface area contributed by atoms with Crippen LogP contribution >= 0.6 is 0 Å². The number of benzene rings is 1. The molecule has 0 aliphatic carbocycles. The highest BCUT2D eigenvalue weighted by atomic mass is 32.2. The van der Waals surface area contributed by atoms with Crippen LogP contribution in [0.3, 0.4) is 0 Å². The summed E-state index contributed by atoms with van der Waals surface area (Å²) in [6, 6.07) is 5.82. The van der Waals surface area contributed by atoms with Crippen molar-refractivity contribution in [2.24, 2.45) is 0 Å².